The van der Waals surface area contributed by atoms with Crippen LogP contribution in [-0.4, -0.2) is 21.7 Å². The van der Waals surface area contributed by atoms with Crippen LogP contribution in [0.15, 0.2) is 36.5 Å². The molecule has 2 rings (SSSR count). The average molecular weight is 231 g/mol. The Bertz CT molecular complexity index is 485. The molecular weight excluding hydrogens is 218 g/mol. The molecule has 0 aliphatic rings. The van der Waals surface area contributed by atoms with E-state index < -0.39 is 0 Å². The van der Waals surface area contributed by atoms with Gasteiger partial charge >= 0.3 is 0 Å². The van der Waals surface area contributed by atoms with E-state index >= 15 is 0 Å². The van der Waals surface area contributed by atoms with E-state index in [1.54, 1.807) is 36.5 Å². The Kier molecular flexibility index (Phi) is 3.40. The second-order valence-electron chi connectivity index (χ2n) is 3.49. The molecule has 3 N–H and O–H groups in total. The van der Waals surface area contributed by atoms with Crippen molar-refractivity contribution in [2.24, 2.45) is 0 Å². The van der Waals surface area contributed by atoms with Crippen LogP contribution < -0.4 is 10.5 Å². The predicted molar refractivity (Wildman–Crippen MR) is 63.8 cm³/mol. The van der Waals surface area contributed by atoms with E-state index in [2.05, 4.69) is 9.97 Å². The minimum absolute atomic E-state index is 0.219. The Morgan fingerprint density at radius 2 is 1.94 bits per heavy atom. The lowest BCUT2D eigenvalue weighted by Crippen LogP contribution is -2.06. The van der Waals surface area contributed by atoms with Crippen LogP contribution in [0, 0.1) is 0 Å². The number of rotatable bonds is 4. The SMILES string of the molecule is Nc1ccnc(CCOc2ccc(O)cc2)n1. The van der Waals surface area contributed by atoms with Gasteiger partial charge in [0.1, 0.15) is 23.1 Å². The van der Waals surface area contributed by atoms with Crippen LogP contribution in [0.4, 0.5) is 5.82 Å². The zero-order valence-corrected chi connectivity index (χ0v) is 9.21. The van der Waals surface area contributed by atoms with Gasteiger partial charge in [0, 0.05) is 12.6 Å². The number of phenols is 1. The summed E-state index contributed by atoms with van der Waals surface area (Å²) in [6.45, 7) is 0.466. The molecule has 0 aliphatic heterocycles. The highest BCUT2D eigenvalue weighted by Gasteiger charge is 1.99. The lowest BCUT2D eigenvalue weighted by atomic mass is 10.3. The molecule has 0 radical (unpaired) electrons. The number of aromatic nitrogens is 2. The third kappa shape index (κ3) is 3.34. The van der Waals surface area contributed by atoms with Gasteiger partial charge in [0.05, 0.1) is 6.61 Å². The summed E-state index contributed by atoms with van der Waals surface area (Å²) < 4.78 is 5.47. The fraction of sp³-hybridized carbons (Fsp3) is 0.167. The third-order valence-corrected chi connectivity index (χ3v) is 2.16. The summed E-state index contributed by atoms with van der Waals surface area (Å²) in [4.78, 5) is 8.14. The summed E-state index contributed by atoms with van der Waals surface area (Å²) in [6.07, 6.45) is 2.21. The fourth-order valence-corrected chi connectivity index (χ4v) is 1.34. The zero-order chi connectivity index (χ0) is 12.1. The number of nitrogen functional groups attached to an aromatic ring is 1. The minimum atomic E-state index is 0.219. The van der Waals surface area contributed by atoms with Crippen molar-refractivity contribution in [2.75, 3.05) is 12.3 Å². The molecule has 2 aromatic rings. The van der Waals surface area contributed by atoms with E-state index in [9.17, 15) is 0 Å². The maximum atomic E-state index is 9.10. The van der Waals surface area contributed by atoms with E-state index in [4.69, 9.17) is 15.6 Å². The molecule has 1 aromatic carbocycles. The first-order chi connectivity index (χ1) is 8.24. The Labute approximate surface area is 98.9 Å². The Morgan fingerprint density at radius 3 is 2.65 bits per heavy atom. The molecule has 1 heterocycles. The molecule has 88 valence electrons. The fourth-order valence-electron chi connectivity index (χ4n) is 1.34. The molecule has 0 fully saturated rings. The summed E-state index contributed by atoms with van der Waals surface area (Å²) in [5, 5.41) is 9.10. The molecule has 0 saturated carbocycles. The van der Waals surface area contributed by atoms with Gasteiger partial charge in [-0.15, -0.1) is 0 Å². The van der Waals surface area contributed by atoms with Gasteiger partial charge in [0.25, 0.3) is 0 Å². The van der Waals surface area contributed by atoms with Gasteiger partial charge in [0.15, 0.2) is 0 Å². The highest BCUT2D eigenvalue weighted by Crippen LogP contribution is 2.15. The molecule has 0 unspecified atom stereocenters. The first-order valence-electron chi connectivity index (χ1n) is 5.23. The number of ether oxygens (including phenoxy) is 1. The van der Waals surface area contributed by atoms with Crippen LogP contribution in [0.3, 0.4) is 0 Å². The van der Waals surface area contributed by atoms with Crippen LogP contribution in [-0.2, 0) is 6.42 Å². The second kappa shape index (κ2) is 5.16. The van der Waals surface area contributed by atoms with Crippen LogP contribution in [0.25, 0.3) is 0 Å². The van der Waals surface area contributed by atoms with Crippen LogP contribution in [0.5, 0.6) is 11.5 Å². The molecule has 0 bridgehead atoms. The van der Waals surface area contributed by atoms with E-state index in [0.29, 0.717) is 30.4 Å². The van der Waals surface area contributed by atoms with E-state index in [-0.39, 0.29) is 5.75 Å². The van der Waals surface area contributed by atoms with Crippen molar-refractivity contribution in [2.45, 2.75) is 6.42 Å². The van der Waals surface area contributed by atoms with E-state index in [0.717, 1.165) is 0 Å². The van der Waals surface area contributed by atoms with Crippen LogP contribution in [0.2, 0.25) is 0 Å². The molecular formula is C12H13N3O2. The van der Waals surface area contributed by atoms with Gasteiger partial charge in [-0.3, -0.25) is 0 Å². The quantitative estimate of drug-likeness (QED) is 0.830. The van der Waals surface area contributed by atoms with Crippen molar-refractivity contribution >= 4 is 5.82 Å². The minimum Gasteiger partial charge on any atom is -0.508 e. The molecule has 0 saturated heterocycles. The maximum Gasteiger partial charge on any atom is 0.134 e. The van der Waals surface area contributed by atoms with Gasteiger partial charge in [-0.2, -0.15) is 0 Å². The smallest absolute Gasteiger partial charge is 0.134 e. The molecule has 0 amide bonds. The number of nitrogens with zero attached hydrogens (tertiary/aromatic N) is 2. The molecule has 0 spiro atoms. The standard InChI is InChI=1S/C12H13N3O2/c13-11-5-7-14-12(15-11)6-8-17-10-3-1-9(16)2-4-10/h1-5,7,16H,6,8H2,(H2,13,14,15). The van der Waals surface area contributed by atoms with Gasteiger partial charge in [-0.1, -0.05) is 0 Å². The molecule has 1 aromatic heterocycles. The van der Waals surface area contributed by atoms with Crippen molar-refractivity contribution in [3.05, 3.63) is 42.4 Å². The topological polar surface area (TPSA) is 81.3 Å². The average Bonchev–Trinajstić information content (AvgIpc) is 2.32. The summed E-state index contributed by atoms with van der Waals surface area (Å²) >= 11 is 0. The molecule has 0 aliphatic carbocycles. The monoisotopic (exact) mass is 231 g/mol. The van der Waals surface area contributed by atoms with Crippen LogP contribution >= 0.6 is 0 Å². The Balaban J connectivity index is 1.85. The van der Waals surface area contributed by atoms with E-state index in [1.807, 2.05) is 0 Å². The number of hydrogen-bond acceptors (Lipinski definition) is 5. The van der Waals surface area contributed by atoms with Gasteiger partial charge in [0.2, 0.25) is 0 Å². The van der Waals surface area contributed by atoms with E-state index in [1.165, 1.54) is 0 Å². The Hall–Kier alpha value is -2.30. The number of phenolic OH excluding ortho intramolecular Hbond substituents is 1. The highest BCUT2D eigenvalue weighted by molar-refractivity contribution is 5.30. The molecule has 17 heavy (non-hydrogen) atoms. The van der Waals surface area contributed by atoms with Crippen molar-refractivity contribution in [1.29, 1.82) is 0 Å². The number of aromatic hydroxyl groups is 1. The summed E-state index contributed by atoms with van der Waals surface area (Å²) in [7, 11) is 0. The van der Waals surface area contributed by atoms with Crippen molar-refractivity contribution < 1.29 is 9.84 Å². The third-order valence-electron chi connectivity index (χ3n) is 2.16. The van der Waals surface area contributed by atoms with Gasteiger partial charge in [-0.05, 0) is 30.3 Å². The number of hydrogen-bond donors (Lipinski definition) is 2. The summed E-state index contributed by atoms with van der Waals surface area (Å²) in [5.74, 6) is 2.03. The number of benzene rings is 1. The van der Waals surface area contributed by atoms with Crippen molar-refractivity contribution in [3.8, 4) is 11.5 Å². The lowest BCUT2D eigenvalue weighted by Gasteiger charge is -2.05. The number of anilines is 1. The first kappa shape index (κ1) is 11.2. The number of nitrogens with two attached hydrogens (primary N) is 1. The molecule has 0 atom stereocenters. The summed E-state index contributed by atoms with van der Waals surface area (Å²) in [5.41, 5.74) is 5.54. The molecule has 5 heteroatoms. The zero-order valence-electron chi connectivity index (χ0n) is 9.21. The maximum absolute atomic E-state index is 9.10. The van der Waals surface area contributed by atoms with Crippen molar-refractivity contribution in [1.82, 2.24) is 9.97 Å². The summed E-state index contributed by atoms with van der Waals surface area (Å²) in [6, 6.07) is 8.20. The van der Waals surface area contributed by atoms with Crippen LogP contribution in [0.1, 0.15) is 5.82 Å². The second-order valence-corrected chi connectivity index (χ2v) is 3.49. The Morgan fingerprint density at radius 1 is 1.18 bits per heavy atom. The lowest BCUT2D eigenvalue weighted by molar-refractivity contribution is 0.318. The normalized spacial score (nSPS) is 10.1. The molecule has 5 nitrogen and oxygen atoms in total. The van der Waals surface area contributed by atoms with Gasteiger partial charge < -0.3 is 15.6 Å². The highest BCUT2D eigenvalue weighted by atomic mass is 16.5. The van der Waals surface area contributed by atoms with Crippen molar-refractivity contribution in [3.63, 3.8) is 0 Å². The predicted octanol–water partition coefficient (Wildman–Crippen LogP) is 1.39. The largest absolute Gasteiger partial charge is 0.508 e. The first-order valence-corrected chi connectivity index (χ1v) is 5.23. The van der Waals surface area contributed by atoms with Gasteiger partial charge in [-0.25, -0.2) is 9.97 Å².